The Kier molecular flexibility index (Phi) is 3.48. The number of hydrogen-bond acceptors (Lipinski definition) is 2. The number of rotatable bonds is 2. The molecule has 0 aromatic carbocycles. The third-order valence-corrected chi connectivity index (χ3v) is 0.650. The molecule has 0 heterocycles. The molecule has 0 radical (unpaired) electrons. The number of nitrogens with zero attached hydrogens (tertiary/aromatic N) is 2. The molecule has 0 atom stereocenters. The van der Waals surface area contributed by atoms with Crippen LogP contribution in [0.1, 0.15) is 6.92 Å². The maximum absolute atomic E-state index is 4.71. The second kappa shape index (κ2) is 4.05. The van der Waals surface area contributed by atoms with E-state index in [2.05, 4.69) is 16.9 Å². The molecule has 0 aliphatic rings. The van der Waals surface area contributed by atoms with E-state index >= 15 is 0 Å². The van der Waals surface area contributed by atoms with Crippen LogP contribution in [0.25, 0.3) is 0 Å². The predicted octanol–water partition coefficient (Wildman–Crippen LogP) is 1.40. The molecular weight excluding hydrogens is 102 g/mol. The van der Waals surface area contributed by atoms with Crippen LogP contribution in [0.4, 0.5) is 0 Å². The summed E-state index contributed by atoms with van der Waals surface area (Å²) in [6.45, 7) is 5.37. The molecule has 0 unspecified atom stereocenters. The van der Waals surface area contributed by atoms with Crippen LogP contribution in [0.15, 0.2) is 34.8 Å². The molecule has 8 heavy (non-hydrogen) atoms. The van der Waals surface area contributed by atoms with Gasteiger partial charge in [0.15, 0.2) is 0 Å². The molecule has 0 aliphatic heterocycles. The van der Waals surface area contributed by atoms with E-state index < -0.39 is 0 Å². The second-order valence-corrected chi connectivity index (χ2v) is 1.31. The average Bonchev–Trinajstić information content (AvgIpc) is 1.83. The van der Waals surface area contributed by atoms with Crippen LogP contribution < -0.4 is 5.84 Å². The molecule has 0 aliphatic carbocycles. The lowest BCUT2D eigenvalue weighted by Gasteiger charge is -1.79. The maximum atomic E-state index is 4.71. The highest BCUT2D eigenvalue weighted by Crippen LogP contribution is 1.91. The Labute approximate surface area is 48.6 Å². The molecular formula is C5H9N3. The Morgan fingerprint density at radius 3 is 2.75 bits per heavy atom. The van der Waals surface area contributed by atoms with Crippen molar-refractivity contribution in [1.29, 1.82) is 0 Å². The van der Waals surface area contributed by atoms with Crippen molar-refractivity contribution in [3.63, 3.8) is 0 Å². The van der Waals surface area contributed by atoms with Gasteiger partial charge in [0.2, 0.25) is 0 Å². The lowest BCUT2D eigenvalue weighted by Crippen LogP contribution is -1.72. The first kappa shape index (κ1) is 6.88. The molecule has 44 valence electrons. The molecule has 0 aromatic rings. The summed E-state index contributed by atoms with van der Waals surface area (Å²) in [4.78, 5) is 0. The van der Waals surface area contributed by atoms with Gasteiger partial charge in [-0.2, -0.15) is 0 Å². The molecule has 0 saturated carbocycles. The molecule has 0 saturated heterocycles. The van der Waals surface area contributed by atoms with Crippen LogP contribution >= 0.6 is 0 Å². The van der Waals surface area contributed by atoms with E-state index in [0.29, 0.717) is 0 Å². The molecule has 0 rings (SSSR count). The molecule has 3 nitrogen and oxygen atoms in total. The predicted molar refractivity (Wildman–Crippen MR) is 33.0 cm³/mol. The van der Waals surface area contributed by atoms with Crippen molar-refractivity contribution >= 4 is 0 Å². The summed E-state index contributed by atoms with van der Waals surface area (Å²) in [6.07, 6.45) is 3.21. The summed E-state index contributed by atoms with van der Waals surface area (Å²) in [7, 11) is 0. The molecule has 0 aromatic heterocycles. The second-order valence-electron chi connectivity index (χ2n) is 1.31. The topological polar surface area (TPSA) is 50.7 Å². The number of allylic oxidation sites excluding steroid dienone is 2. The molecule has 0 bridgehead atoms. The minimum absolute atomic E-state index is 0.944. The minimum atomic E-state index is 0.944. The Hall–Kier alpha value is -1.12. The van der Waals surface area contributed by atoms with Gasteiger partial charge in [0.05, 0.1) is 6.20 Å². The van der Waals surface area contributed by atoms with E-state index in [9.17, 15) is 0 Å². The van der Waals surface area contributed by atoms with Gasteiger partial charge in [0.1, 0.15) is 0 Å². The third-order valence-electron chi connectivity index (χ3n) is 0.650. The summed E-state index contributed by atoms with van der Waals surface area (Å²) in [5.74, 6) is 4.71. The van der Waals surface area contributed by atoms with Crippen molar-refractivity contribution in [2.75, 3.05) is 0 Å². The van der Waals surface area contributed by atoms with Crippen molar-refractivity contribution in [2.24, 2.45) is 16.2 Å². The van der Waals surface area contributed by atoms with E-state index in [0.717, 1.165) is 5.57 Å². The van der Waals surface area contributed by atoms with Crippen molar-refractivity contribution in [3.05, 3.63) is 24.4 Å². The Morgan fingerprint density at radius 1 is 1.75 bits per heavy atom. The zero-order chi connectivity index (χ0) is 6.41. The lowest BCUT2D eigenvalue weighted by atomic mass is 10.3. The van der Waals surface area contributed by atoms with Gasteiger partial charge < -0.3 is 5.84 Å². The Bertz CT molecular complexity index is 124. The summed E-state index contributed by atoms with van der Waals surface area (Å²) in [5, 5.41) is 6.44. The summed E-state index contributed by atoms with van der Waals surface area (Å²) >= 11 is 0. The van der Waals surface area contributed by atoms with Crippen LogP contribution in [0.3, 0.4) is 0 Å². The molecule has 0 amide bonds. The third kappa shape index (κ3) is 3.08. The highest BCUT2D eigenvalue weighted by Gasteiger charge is 1.72. The maximum Gasteiger partial charge on any atom is 0.0541 e. The summed E-state index contributed by atoms with van der Waals surface area (Å²) in [5.41, 5.74) is 0.944. The van der Waals surface area contributed by atoms with Crippen LogP contribution in [0.5, 0.6) is 0 Å². The van der Waals surface area contributed by atoms with E-state index in [1.165, 1.54) is 6.20 Å². The largest absolute Gasteiger partial charge is 0.305 e. The van der Waals surface area contributed by atoms with E-state index in [1.54, 1.807) is 6.08 Å². The Morgan fingerprint density at radius 2 is 2.38 bits per heavy atom. The number of nitrogens with two attached hydrogens (primary N) is 1. The van der Waals surface area contributed by atoms with E-state index in [1.807, 2.05) is 6.92 Å². The van der Waals surface area contributed by atoms with Gasteiger partial charge in [-0.1, -0.05) is 17.9 Å². The first-order valence-electron chi connectivity index (χ1n) is 2.20. The van der Waals surface area contributed by atoms with Gasteiger partial charge in [0.25, 0.3) is 0 Å². The molecule has 0 spiro atoms. The quantitative estimate of drug-likeness (QED) is 0.249. The monoisotopic (exact) mass is 111 g/mol. The summed E-state index contributed by atoms with van der Waals surface area (Å²) in [6, 6.07) is 0. The summed E-state index contributed by atoms with van der Waals surface area (Å²) < 4.78 is 0. The fourth-order valence-electron chi connectivity index (χ4n) is 0.177. The van der Waals surface area contributed by atoms with Gasteiger partial charge in [-0.3, -0.25) is 0 Å². The van der Waals surface area contributed by atoms with Crippen LogP contribution in [-0.4, -0.2) is 0 Å². The lowest BCUT2D eigenvalue weighted by molar-refractivity contribution is 1.05. The van der Waals surface area contributed by atoms with E-state index in [-0.39, 0.29) is 0 Å². The van der Waals surface area contributed by atoms with Gasteiger partial charge >= 0.3 is 0 Å². The zero-order valence-electron chi connectivity index (χ0n) is 4.83. The van der Waals surface area contributed by atoms with Gasteiger partial charge in [-0.25, -0.2) is 0 Å². The fraction of sp³-hybridized carbons (Fsp3) is 0.200. The van der Waals surface area contributed by atoms with Crippen LogP contribution in [0, 0.1) is 0 Å². The van der Waals surface area contributed by atoms with Crippen LogP contribution in [-0.2, 0) is 0 Å². The first-order chi connectivity index (χ1) is 3.81. The minimum Gasteiger partial charge on any atom is -0.305 e. The van der Waals surface area contributed by atoms with Gasteiger partial charge in [0, 0.05) is 0 Å². The van der Waals surface area contributed by atoms with Crippen molar-refractivity contribution in [3.8, 4) is 0 Å². The van der Waals surface area contributed by atoms with Crippen molar-refractivity contribution < 1.29 is 0 Å². The van der Waals surface area contributed by atoms with Gasteiger partial charge in [-0.15, -0.1) is 5.11 Å². The first-order valence-corrected chi connectivity index (χ1v) is 2.20. The highest BCUT2D eigenvalue weighted by atomic mass is 15.3. The molecule has 2 N–H and O–H groups in total. The fourth-order valence-corrected chi connectivity index (χ4v) is 0.177. The molecule has 3 heteroatoms. The van der Waals surface area contributed by atoms with Crippen LogP contribution in [0.2, 0.25) is 0 Å². The van der Waals surface area contributed by atoms with E-state index in [4.69, 9.17) is 5.84 Å². The standard InChI is InChI=1S/C5H9N3/c1-3-5(2)4-7-8-6/h3-4H,1H2,2H3,(H2,6,7)/b5-4-. The normalized spacial score (nSPS) is 12.4. The van der Waals surface area contributed by atoms with Crippen molar-refractivity contribution in [2.45, 2.75) is 6.92 Å². The number of hydrogen-bond donors (Lipinski definition) is 1. The Balaban J connectivity index is 3.74. The smallest absolute Gasteiger partial charge is 0.0541 e. The average molecular weight is 111 g/mol. The zero-order valence-corrected chi connectivity index (χ0v) is 4.83. The highest BCUT2D eigenvalue weighted by molar-refractivity contribution is 5.11. The van der Waals surface area contributed by atoms with Crippen molar-refractivity contribution in [1.82, 2.24) is 0 Å². The molecule has 0 fully saturated rings. The van der Waals surface area contributed by atoms with Gasteiger partial charge in [-0.05, 0) is 12.5 Å². The SMILES string of the molecule is C=C/C(C)=C\N=NN.